The summed E-state index contributed by atoms with van der Waals surface area (Å²) in [6.45, 7) is 0. The van der Waals surface area contributed by atoms with Gasteiger partial charge in [0.1, 0.15) is 0 Å². The first-order chi connectivity index (χ1) is 4.70. The molecule has 0 aromatic rings. The van der Waals surface area contributed by atoms with Gasteiger partial charge in [0.2, 0.25) is 0 Å². The second kappa shape index (κ2) is 8.04. The van der Waals surface area contributed by atoms with E-state index in [9.17, 15) is 9.59 Å². The molecule has 0 unspecified atom stereocenters. The molecule has 58 valence electrons. The van der Waals surface area contributed by atoms with Gasteiger partial charge in [0.15, 0.2) is 0 Å². The second-order valence-corrected chi connectivity index (χ2v) is 1.65. The third-order valence-electron chi connectivity index (χ3n) is 0.989. The minimum absolute atomic E-state index is 0. The number of carbonyl (C=O) groups excluding carboxylic acids is 2. The van der Waals surface area contributed by atoms with Crippen LogP contribution in [0.15, 0.2) is 0 Å². The fraction of sp³-hybridized carbons (Fsp3) is 0.667. The van der Waals surface area contributed by atoms with Gasteiger partial charge in [-0.1, -0.05) is 0 Å². The maximum absolute atomic E-state index is 10.4. The predicted octanol–water partition coefficient (Wildman–Crippen LogP) is -2.88. The summed E-state index contributed by atoms with van der Waals surface area (Å²) in [5.41, 5.74) is 0. The van der Waals surface area contributed by atoms with Crippen LogP contribution in [0.1, 0.15) is 12.8 Å². The predicted molar refractivity (Wildman–Crippen MR) is 33.3 cm³/mol. The van der Waals surface area contributed by atoms with Gasteiger partial charge >= 0.3 is 41.5 Å². The first-order valence-electron chi connectivity index (χ1n) is 2.84. The normalized spacial score (nSPS) is 7.82. The van der Waals surface area contributed by atoms with Crippen molar-refractivity contribution in [3.8, 4) is 0 Å². The summed E-state index contributed by atoms with van der Waals surface area (Å²) < 4.78 is 8.60. The molecule has 0 atom stereocenters. The molecule has 5 heteroatoms. The summed E-state index contributed by atoms with van der Waals surface area (Å²) in [6, 6.07) is 0. The Bertz CT molecular complexity index is 119. The van der Waals surface area contributed by atoms with Crippen molar-refractivity contribution >= 4 is 11.9 Å². The third kappa shape index (κ3) is 7.84. The van der Waals surface area contributed by atoms with Crippen LogP contribution in [-0.2, 0) is 19.1 Å². The van der Waals surface area contributed by atoms with Crippen molar-refractivity contribution in [2.24, 2.45) is 0 Å². The second-order valence-electron chi connectivity index (χ2n) is 1.65. The van der Waals surface area contributed by atoms with Gasteiger partial charge in [0.05, 0.1) is 27.1 Å². The molecule has 0 saturated carbocycles. The van der Waals surface area contributed by atoms with Gasteiger partial charge in [-0.05, 0) is 0 Å². The Morgan fingerprint density at radius 2 is 1.27 bits per heavy atom. The number of esters is 2. The molecule has 0 aromatic heterocycles. The van der Waals surface area contributed by atoms with Crippen molar-refractivity contribution in [2.75, 3.05) is 14.2 Å². The molecular weight excluding hydrogens is 159 g/mol. The monoisotopic (exact) mass is 169 g/mol. The van der Waals surface area contributed by atoms with Gasteiger partial charge in [-0.3, -0.25) is 9.59 Å². The van der Waals surface area contributed by atoms with Crippen molar-refractivity contribution in [3.05, 3.63) is 0 Å². The van der Waals surface area contributed by atoms with Crippen LogP contribution >= 0.6 is 0 Å². The van der Waals surface area contributed by atoms with Crippen LogP contribution in [0.2, 0.25) is 0 Å². The van der Waals surface area contributed by atoms with Crippen molar-refractivity contribution in [1.82, 2.24) is 0 Å². The average Bonchev–Trinajstić information content (AvgIpc) is 1.99. The first-order valence-corrected chi connectivity index (χ1v) is 2.84. The summed E-state index contributed by atoms with van der Waals surface area (Å²) in [5.74, 6) is -0.796. The minimum atomic E-state index is -0.398. The van der Waals surface area contributed by atoms with Crippen LogP contribution in [0.3, 0.4) is 0 Å². The zero-order valence-electron chi connectivity index (χ0n) is 7.05. The minimum Gasteiger partial charge on any atom is -0.469 e. The summed E-state index contributed by atoms with van der Waals surface area (Å²) in [4.78, 5) is 20.8. The summed E-state index contributed by atoms with van der Waals surface area (Å²) in [5, 5.41) is 0. The van der Waals surface area contributed by atoms with Gasteiger partial charge in [-0.25, -0.2) is 0 Å². The fourth-order valence-corrected chi connectivity index (χ4v) is 0.408. The van der Waals surface area contributed by atoms with Gasteiger partial charge in [-0.2, -0.15) is 0 Å². The smallest absolute Gasteiger partial charge is 0.469 e. The number of carbonyl (C=O) groups is 2. The van der Waals surface area contributed by atoms with Crippen LogP contribution in [0, 0.1) is 0 Å². The Morgan fingerprint density at radius 3 is 1.45 bits per heavy atom. The molecule has 0 spiro atoms. The van der Waals surface area contributed by atoms with E-state index in [4.69, 9.17) is 0 Å². The van der Waals surface area contributed by atoms with E-state index in [0.717, 1.165) is 0 Å². The van der Waals surface area contributed by atoms with E-state index in [0.29, 0.717) is 0 Å². The summed E-state index contributed by atoms with van der Waals surface area (Å²) in [7, 11) is 2.55. The van der Waals surface area contributed by atoms with Crippen molar-refractivity contribution in [1.29, 1.82) is 0 Å². The number of ether oxygens (including phenoxy) is 2. The molecule has 0 aliphatic carbocycles. The average molecular weight is 169 g/mol. The van der Waals surface area contributed by atoms with E-state index in [1.165, 1.54) is 14.2 Å². The van der Waals surface area contributed by atoms with Crippen LogP contribution in [0.4, 0.5) is 0 Å². The molecule has 0 heterocycles. The Labute approximate surface area is 87.5 Å². The Morgan fingerprint density at radius 1 is 1.00 bits per heavy atom. The third-order valence-corrected chi connectivity index (χ3v) is 0.989. The number of rotatable bonds is 3. The van der Waals surface area contributed by atoms with Crippen molar-refractivity contribution in [2.45, 2.75) is 12.8 Å². The molecule has 0 saturated heterocycles. The zero-order chi connectivity index (χ0) is 7.98. The molecule has 0 rings (SSSR count). The van der Waals surface area contributed by atoms with E-state index >= 15 is 0 Å². The molecule has 0 N–H and O–H groups in total. The maximum Gasteiger partial charge on any atom is 1.00 e. The van der Waals surface area contributed by atoms with Crippen molar-refractivity contribution in [3.63, 3.8) is 0 Å². The van der Waals surface area contributed by atoms with Gasteiger partial charge in [-0.15, -0.1) is 0 Å². The van der Waals surface area contributed by atoms with Crippen LogP contribution in [-0.4, -0.2) is 26.2 Å². The molecular formula is C6H10NaO4+. The molecule has 0 aromatic carbocycles. The Hall–Kier alpha value is -0.0600. The topological polar surface area (TPSA) is 52.6 Å². The fourth-order valence-electron chi connectivity index (χ4n) is 0.408. The maximum atomic E-state index is 10.4. The van der Waals surface area contributed by atoms with E-state index in [1.807, 2.05) is 0 Å². The number of hydrogen-bond acceptors (Lipinski definition) is 4. The molecule has 0 fully saturated rings. The van der Waals surface area contributed by atoms with E-state index in [-0.39, 0.29) is 42.4 Å². The summed E-state index contributed by atoms with van der Waals surface area (Å²) >= 11 is 0. The molecule has 11 heavy (non-hydrogen) atoms. The zero-order valence-corrected chi connectivity index (χ0v) is 9.05. The standard InChI is InChI=1S/C6H10O4.Na/c1-9-5(7)3-4-6(8)10-2;/h3-4H2,1-2H3;/q;+1. The Balaban J connectivity index is 0. The Kier molecular flexibility index (Phi) is 9.89. The molecule has 0 aliphatic heterocycles. The van der Waals surface area contributed by atoms with E-state index in [1.54, 1.807) is 0 Å². The quantitative estimate of drug-likeness (QED) is 0.336. The van der Waals surface area contributed by atoms with Gasteiger partial charge in [0.25, 0.3) is 0 Å². The molecule has 4 nitrogen and oxygen atoms in total. The van der Waals surface area contributed by atoms with Crippen LogP contribution in [0.5, 0.6) is 0 Å². The molecule has 0 amide bonds. The van der Waals surface area contributed by atoms with Gasteiger partial charge < -0.3 is 9.47 Å². The molecule has 0 radical (unpaired) electrons. The van der Waals surface area contributed by atoms with Crippen LogP contribution in [0.25, 0.3) is 0 Å². The number of hydrogen-bond donors (Lipinski definition) is 0. The molecule has 0 bridgehead atoms. The molecule has 0 aliphatic rings. The van der Waals surface area contributed by atoms with Crippen LogP contribution < -0.4 is 29.6 Å². The SMILES string of the molecule is COC(=O)CCC(=O)OC.[Na+]. The van der Waals surface area contributed by atoms with Gasteiger partial charge in [0, 0.05) is 0 Å². The van der Waals surface area contributed by atoms with Crippen molar-refractivity contribution < 1.29 is 48.6 Å². The van der Waals surface area contributed by atoms with E-state index in [2.05, 4.69) is 9.47 Å². The van der Waals surface area contributed by atoms with E-state index < -0.39 is 11.9 Å². The largest absolute Gasteiger partial charge is 1.00 e. The first kappa shape index (κ1) is 13.5. The summed E-state index contributed by atoms with van der Waals surface area (Å²) in [6.07, 6.45) is 0.173. The number of methoxy groups -OCH3 is 2.